The Morgan fingerprint density at radius 1 is 1.59 bits per heavy atom. The highest BCUT2D eigenvalue weighted by molar-refractivity contribution is 5.88. The third-order valence-electron chi connectivity index (χ3n) is 2.23. The van der Waals surface area contributed by atoms with Gasteiger partial charge in [0.15, 0.2) is 0 Å². The highest BCUT2D eigenvalue weighted by atomic mass is 16.5. The molecule has 0 saturated carbocycles. The van der Waals surface area contributed by atoms with Gasteiger partial charge in [0.05, 0.1) is 7.11 Å². The van der Waals surface area contributed by atoms with Crippen molar-refractivity contribution >= 4 is 11.7 Å². The van der Waals surface area contributed by atoms with Gasteiger partial charge in [-0.05, 0) is 25.0 Å². The number of methoxy groups -OCH3 is 1. The van der Waals surface area contributed by atoms with E-state index >= 15 is 0 Å². The molecular formula is C13H16N2O2. The number of carbonyl (C=O) groups excluding carboxylic acids is 1. The number of unbranched alkanes of at least 4 members (excludes halogenated alkanes) is 2. The summed E-state index contributed by atoms with van der Waals surface area (Å²) in [5.74, 6) is 2.17. The molecule has 1 rings (SSSR count). The quantitative estimate of drug-likeness (QED) is 0.463. The molecule has 0 spiro atoms. The molecule has 4 heteroatoms. The topological polar surface area (TPSA) is 51.2 Å². The molecule has 0 bridgehead atoms. The lowest BCUT2D eigenvalue weighted by molar-refractivity contribution is 0.0594. The number of hydrogen-bond donors (Lipinski definition) is 1. The van der Waals surface area contributed by atoms with Crippen molar-refractivity contribution in [2.24, 2.45) is 0 Å². The third kappa shape index (κ3) is 4.56. The van der Waals surface area contributed by atoms with Crippen LogP contribution in [0.5, 0.6) is 0 Å². The molecule has 0 aliphatic rings. The van der Waals surface area contributed by atoms with E-state index in [0.29, 0.717) is 5.69 Å². The monoisotopic (exact) mass is 232 g/mol. The second kappa shape index (κ2) is 7.29. The molecule has 1 aromatic heterocycles. The first kappa shape index (κ1) is 13.0. The Hall–Kier alpha value is -2.02. The highest BCUT2D eigenvalue weighted by Crippen LogP contribution is 2.09. The first-order valence-corrected chi connectivity index (χ1v) is 5.49. The van der Waals surface area contributed by atoms with Gasteiger partial charge in [-0.1, -0.05) is 0 Å². The van der Waals surface area contributed by atoms with Crippen LogP contribution < -0.4 is 5.32 Å². The zero-order valence-corrected chi connectivity index (χ0v) is 9.90. The minimum atomic E-state index is -0.430. The molecule has 90 valence electrons. The van der Waals surface area contributed by atoms with Gasteiger partial charge < -0.3 is 10.1 Å². The number of aromatic nitrogens is 1. The first-order valence-electron chi connectivity index (χ1n) is 5.49. The summed E-state index contributed by atoms with van der Waals surface area (Å²) in [6.45, 7) is 0.826. The van der Waals surface area contributed by atoms with Crippen LogP contribution in [-0.2, 0) is 4.74 Å². The van der Waals surface area contributed by atoms with Crippen molar-refractivity contribution in [3.8, 4) is 12.3 Å². The molecule has 0 saturated heterocycles. The zero-order valence-electron chi connectivity index (χ0n) is 9.90. The maximum atomic E-state index is 11.2. The van der Waals surface area contributed by atoms with Crippen molar-refractivity contribution in [3.63, 3.8) is 0 Å². The average Bonchev–Trinajstić information content (AvgIpc) is 2.38. The Kier molecular flexibility index (Phi) is 5.59. The van der Waals surface area contributed by atoms with Crippen molar-refractivity contribution in [1.82, 2.24) is 4.98 Å². The van der Waals surface area contributed by atoms with Crippen LogP contribution in [0.15, 0.2) is 18.3 Å². The number of carbonyl (C=O) groups is 1. The highest BCUT2D eigenvalue weighted by Gasteiger charge is 2.06. The minimum absolute atomic E-state index is 0.307. The standard InChI is InChI=1S/C13H16N2O2/c1-3-4-5-6-8-14-11-7-9-15-12(10-11)13(16)17-2/h1,7,9-10H,4-6,8H2,2H3,(H,14,15). The van der Waals surface area contributed by atoms with Gasteiger partial charge in [0.1, 0.15) is 5.69 Å². The lowest BCUT2D eigenvalue weighted by Crippen LogP contribution is -2.06. The van der Waals surface area contributed by atoms with Crippen LogP contribution in [0.25, 0.3) is 0 Å². The molecule has 0 radical (unpaired) electrons. The van der Waals surface area contributed by atoms with Crippen LogP contribution in [0.4, 0.5) is 5.69 Å². The van der Waals surface area contributed by atoms with Gasteiger partial charge in [0.25, 0.3) is 0 Å². The fourth-order valence-corrected chi connectivity index (χ4v) is 1.34. The molecule has 0 atom stereocenters. The molecule has 0 amide bonds. The van der Waals surface area contributed by atoms with Gasteiger partial charge in [0.2, 0.25) is 0 Å². The number of pyridine rings is 1. The van der Waals surface area contributed by atoms with Gasteiger partial charge in [-0.2, -0.15) is 0 Å². The normalized spacial score (nSPS) is 9.41. The minimum Gasteiger partial charge on any atom is -0.464 e. The number of esters is 1. The van der Waals surface area contributed by atoms with E-state index < -0.39 is 5.97 Å². The number of nitrogens with zero attached hydrogens (tertiary/aromatic N) is 1. The van der Waals surface area contributed by atoms with Gasteiger partial charge in [0, 0.05) is 24.8 Å². The van der Waals surface area contributed by atoms with Crippen LogP contribution in [0, 0.1) is 12.3 Å². The average molecular weight is 232 g/mol. The smallest absolute Gasteiger partial charge is 0.356 e. The molecule has 0 aliphatic heterocycles. The number of ether oxygens (including phenoxy) is 1. The number of rotatable bonds is 6. The first-order chi connectivity index (χ1) is 8.27. The summed E-state index contributed by atoms with van der Waals surface area (Å²) in [6.07, 6.45) is 9.54. The maximum Gasteiger partial charge on any atom is 0.356 e. The molecule has 0 aliphatic carbocycles. The zero-order chi connectivity index (χ0) is 12.5. The summed E-state index contributed by atoms with van der Waals surface area (Å²) in [7, 11) is 1.34. The molecule has 4 nitrogen and oxygen atoms in total. The Morgan fingerprint density at radius 2 is 2.41 bits per heavy atom. The van der Waals surface area contributed by atoms with E-state index in [4.69, 9.17) is 6.42 Å². The van der Waals surface area contributed by atoms with Crippen molar-refractivity contribution in [1.29, 1.82) is 0 Å². The van der Waals surface area contributed by atoms with Crippen molar-refractivity contribution in [2.45, 2.75) is 19.3 Å². The molecule has 0 unspecified atom stereocenters. The van der Waals surface area contributed by atoms with Crippen molar-refractivity contribution in [3.05, 3.63) is 24.0 Å². The molecule has 0 fully saturated rings. The van der Waals surface area contributed by atoms with Crippen LogP contribution in [0.3, 0.4) is 0 Å². The molecule has 1 N–H and O–H groups in total. The summed E-state index contributed by atoms with van der Waals surface area (Å²) in [6, 6.07) is 3.49. The Labute approximate surface area is 101 Å². The summed E-state index contributed by atoms with van der Waals surface area (Å²) >= 11 is 0. The number of terminal acetylenes is 1. The summed E-state index contributed by atoms with van der Waals surface area (Å²) in [5, 5.41) is 3.21. The van der Waals surface area contributed by atoms with Crippen molar-refractivity contribution in [2.75, 3.05) is 19.0 Å². The van der Waals surface area contributed by atoms with Crippen LogP contribution in [0.1, 0.15) is 29.8 Å². The van der Waals surface area contributed by atoms with Gasteiger partial charge >= 0.3 is 5.97 Å². The van der Waals surface area contributed by atoms with E-state index in [9.17, 15) is 4.79 Å². The lowest BCUT2D eigenvalue weighted by atomic mass is 10.2. The summed E-state index contributed by atoms with van der Waals surface area (Å²) < 4.78 is 4.60. The predicted molar refractivity (Wildman–Crippen MR) is 66.8 cm³/mol. The van der Waals surface area contributed by atoms with Crippen LogP contribution in [-0.4, -0.2) is 24.6 Å². The second-order valence-corrected chi connectivity index (χ2v) is 3.51. The maximum absolute atomic E-state index is 11.2. The fourth-order valence-electron chi connectivity index (χ4n) is 1.34. The summed E-state index contributed by atoms with van der Waals surface area (Å²) in [4.78, 5) is 15.2. The Bertz CT molecular complexity index is 410. The third-order valence-corrected chi connectivity index (χ3v) is 2.23. The second-order valence-electron chi connectivity index (χ2n) is 3.51. The SMILES string of the molecule is C#CCCCCNc1ccnc(C(=O)OC)c1. The molecule has 1 aromatic rings. The van der Waals surface area contributed by atoms with E-state index in [1.54, 1.807) is 12.3 Å². The molecule has 1 heterocycles. The molecule has 17 heavy (non-hydrogen) atoms. The largest absolute Gasteiger partial charge is 0.464 e. The number of hydrogen-bond acceptors (Lipinski definition) is 4. The van der Waals surface area contributed by atoms with Crippen LogP contribution >= 0.6 is 0 Å². The Morgan fingerprint density at radius 3 is 3.12 bits per heavy atom. The molecular weight excluding hydrogens is 216 g/mol. The Balaban J connectivity index is 2.44. The predicted octanol–water partition coefficient (Wildman–Crippen LogP) is 2.08. The molecule has 0 aromatic carbocycles. The van der Waals surface area contributed by atoms with E-state index in [0.717, 1.165) is 31.5 Å². The lowest BCUT2D eigenvalue weighted by Gasteiger charge is -2.06. The van der Waals surface area contributed by atoms with Crippen molar-refractivity contribution < 1.29 is 9.53 Å². The number of anilines is 1. The van der Waals surface area contributed by atoms with E-state index in [1.807, 2.05) is 6.07 Å². The van der Waals surface area contributed by atoms with Gasteiger partial charge in [-0.25, -0.2) is 9.78 Å². The van der Waals surface area contributed by atoms with Gasteiger partial charge in [-0.3, -0.25) is 0 Å². The fraction of sp³-hybridized carbons (Fsp3) is 0.385. The summed E-state index contributed by atoms with van der Waals surface area (Å²) in [5.41, 5.74) is 1.17. The van der Waals surface area contributed by atoms with Crippen LogP contribution in [0.2, 0.25) is 0 Å². The van der Waals surface area contributed by atoms with E-state index in [2.05, 4.69) is 21.0 Å². The van der Waals surface area contributed by atoms with E-state index in [-0.39, 0.29) is 0 Å². The van der Waals surface area contributed by atoms with Gasteiger partial charge in [-0.15, -0.1) is 12.3 Å². The van der Waals surface area contributed by atoms with E-state index in [1.165, 1.54) is 7.11 Å². The number of nitrogens with one attached hydrogen (secondary N) is 1.